The average Bonchev–Trinajstić information content (AvgIpc) is 2.77. The Morgan fingerprint density at radius 3 is 2.40 bits per heavy atom. The number of nitrogens with zero attached hydrogens (tertiary/aromatic N) is 3. The average molecular weight is 533 g/mol. The van der Waals surface area contributed by atoms with Gasteiger partial charge in [0.05, 0.1) is 13.2 Å². The van der Waals surface area contributed by atoms with Crippen LogP contribution in [0, 0.1) is 0 Å². The van der Waals surface area contributed by atoms with Crippen molar-refractivity contribution in [2.45, 2.75) is 12.8 Å². The summed E-state index contributed by atoms with van der Waals surface area (Å²) in [5.41, 5.74) is 1.22. The number of benzene rings is 1. The molecule has 30 heavy (non-hydrogen) atoms. The predicted octanol–water partition coefficient (Wildman–Crippen LogP) is 1.56. The van der Waals surface area contributed by atoms with Crippen LogP contribution in [0.15, 0.2) is 35.3 Å². The molecule has 0 spiro atoms. The number of aliphatic imine (C=N–C) groups is 1. The highest BCUT2D eigenvalue weighted by Gasteiger charge is 2.20. The quantitative estimate of drug-likeness (QED) is 0.195. The van der Waals surface area contributed by atoms with Gasteiger partial charge in [-0.05, 0) is 18.6 Å². The third-order valence-electron chi connectivity index (χ3n) is 4.80. The van der Waals surface area contributed by atoms with E-state index in [1.165, 1.54) is 5.69 Å². The minimum Gasteiger partial charge on any atom is -0.382 e. The van der Waals surface area contributed by atoms with Crippen molar-refractivity contribution in [1.82, 2.24) is 15.5 Å². The Bertz CT molecular complexity index is 610. The Hall–Kier alpha value is -1.59. The van der Waals surface area contributed by atoms with Crippen molar-refractivity contribution in [3.05, 3.63) is 30.3 Å². The monoisotopic (exact) mass is 533 g/mol. The zero-order valence-corrected chi connectivity index (χ0v) is 20.5. The van der Waals surface area contributed by atoms with E-state index in [-0.39, 0.29) is 29.9 Å². The van der Waals surface area contributed by atoms with E-state index in [2.05, 4.69) is 32.7 Å². The normalized spacial score (nSPS) is 14.3. The molecule has 0 atom stereocenters. The second-order valence-electron chi connectivity index (χ2n) is 6.84. The van der Waals surface area contributed by atoms with Crippen molar-refractivity contribution in [1.29, 1.82) is 0 Å². The number of amides is 1. The van der Waals surface area contributed by atoms with Gasteiger partial charge in [-0.25, -0.2) is 0 Å². The maximum absolute atomic E-state index is 12.5. The highest BCUT2D eigenvalue weighted by atomic mass is 127. The predicted molar refractivity (Wildman–Crippen MR) is 132 cm³/mol. The van der Waals surface area contributed by atoms with Crippen LogP contribution in [-0.2, 0) is 14.3 Å². The summed E-state index contributed by atoms with van der Waals surface area (Å²) in [5.74, 6) is 0.899. The van der Waals surface area contributed by atoms with Crippen LogP contribution >= 0.6 is 24.0 Å². The van der Waals surface area contributed by atoms with Gasteiger partial charge in [0.15, 0.2) is 5.96 Å². The van der Waals surface area contributed by atoms with Gasteiger partial charge in [-0.1, -0.05) is 18.2 Å². The SMILES string of the molecule is CN=C(NCCCOCCOC)NCCC(=O)N1CCN(c2ccccc2)CC1.I. The Kier molecular flexibility index (Phi) is 14.2. The molecule has 1 saturated heterocycles. The minimum atomic E-state index is 0. The molecule has 0 saturated carbocycles. The Morgan fingerprint density at radius 1 is 1.03 bits per heavy atom. The van der Waals surface area contributed by atoms with Crippen molar-refractivity contribution < 1.29 is 14.3 Å². The molecule has 0 aromatic heterocycles. The lowest BCUT2D eigenvalue weighted by Gasteiger charge is -2.36. The van der Waals surface area contributed by atoms with Crippen LogP contribution in [0.25, 0.3) is 0 Å². The maximum Gasteiger partial charge on any atom is 0.224 e. The van der Waals surface area contributed by atoms with Gasteiger partial charge in [-0.2, -0.15) is 0 Å². The van der Waals surface area contributed by atoms with Crippen LogP contribution < -0.4 is 15.5 Å². The summed E-state index contributed by atoms with van der Waals surface area (Å²) in [6.45, 7) is 6.53. The Balaban J connectivity index is 0.00000450. The van der Waals surface area contributed by atoms with E-state index < -0.39 is 0 Å². The smallest absolute Gasteiger partial charge is 0.224 e. The highest BCUT2D eigenvalue weighted by molar-refractivity contribution is 14.0. The lowest BCUT2D eigenvalue weighted by Crippen LogP contribution is -2.49. The number of guanidine groups is 1. The third-order valence-corrected chi connectivity index (χ3v) is 4.80. The number of ether oxygens (including phenoxy) is 2. The molecule has 1 fully saturated rings. The van der Waals surface area contributed by atoms with E-state index in [0.29, 0.717) is 38.7 Å². The number of anilines is 1. The van der Waals surface area contributed by atoms with E-state index in [9.17, 15) is 4.79 Å². The van der Waals surface area contributed by atoms with Gasteiger partial charge >= 0.3 is 0 Å². The molecule has 2 rings (SSSR count). The number of methoxy groups -OCH3 is 1. The Morgan fingerprint density at radius 2 is 1.73 bits per heavy atom. The fraction of sp³-hybridized carbons (Fsp3) is 0.619. The summed E-state index contributed by atoms with van der Waals surface area (Å²) in [7, 11) is 3.39. The maximum atomic E-state index is 12.5. The Labute approximate surface area is 197 Å². The number of para-hydroxylation sites is 1. The molecule has 1 heterocycles. The van der Waals surface area contributed by atoms with Crippen LogP contribution in [-0.4, -0.2) is 90.0 Å². The molecule has 1 aromatic rings. The van der Waals surface area contributed by atoms with Gasteiger partial charge in [0, 0.05) is 72.1 Å². The van der Waals surface area contributed by atoms with Crippen LogP contribution in [0.2, 0.25) is 0 Å². The van der Waals surface area contributed by atoms with Crippen LogP contribution in [0.4, 0.5) is 5.69 Å². The molecule has 2 N–H and O–H groups in total. The number of halogens is 1. The number of hydrogen-bond donors (Lipinski definition) is 2. The zero-order chi connectivity index (χ0) is 20.7. The molecule has 1 aliphatic heterocycles. The van der Waals surface area contributed by atoms with Crippen LogP contribution in [0.3, 0.4) is 0 Å². The number of hydrogen-bond acceptors (Lipinski definition) is 5. The van der Waals surface area contributed by atoms with Gasteiger partial charge in [-0.3, -0.25) is 9.79 Å². The van der Waals surface area contributed by atoms with Crippen molar-refractivity contribution in [3.8, 4) is 0 Å². The van der Waals surface area contributed by atoms with Gasteiger partial charge < -0.3 is 29.9 Å². The van der Waals surface area contributed by atoms with Crippen LogP contribution in [0.1, 0.15) is 12.8 Å². The van der Waals surface area contributed by atoms with Crippen molar-refractivity contribution in [3.63, 3.8) is 0 Å². The first-order valence-electron chi connectivity index (χ1n) is 10.3. The van der Waals surface area contributed by atoms with E-state index in [0.717, 1.165) is 39.1 Å². The zero-order valence-electron chi connectivity index (χ0n) is 18.1. The van der Waals surface area contributed by atoms with Crippen molar-refractivity contribution >= 4 is 41.5 Å². The topological polar surface area (TPSA) is 78.4 Å². The fourth-order valence-corrected chi connectivity index (χ4v) is 3.14. The summed E-state index contributed by atoms with van der Waals surface area (Å²) in [5, 5.41) is 6.44. The number of rotatable bonds is 11. The van der Waals surface area contributed by atoms with Crippen molar-refractivity contribution in [2.24, 2.45) is 4.99 Å². The van der Waals surface area contributed by atoms with Gasteiger partial charge in [0.2, 0.25) is 5.91 Å². The summed E-state index contributed by atoms with van der Waals surface area (Å²) in [4.78, 5) is 20.9. The summed E-state index contributed by atoms with van der Waals surface area (Å²) < 4.78 is 10.4. The first-order valence-corrected chi connectivity index (χ1v) is 10.3. The van der Waals surface area contributed by atoms with E-state index >= 15 is 0 Å². The molecule has 0 bridgehead atoms. The molecule has 170 valence electrons. The number of carbonyl (C=O) groups excluding carboxylic acids is 1. The molecule has 0 aliphatic carbocycles. The standard InChI is InChI=1S/C21H35N5O3.HI/c1-22-21(23-10-6-16-29-18-17-28-2)24-11-9-20(27)26-14-12-25(13-15-26)19-7-4-3-5-8-19;/h3-5,7-8H,6,9-18H2,1-2H3,(H2,22,23,24);1H. The summed E-state index contributed by atoms with van der Waals surface area (Å²) in [6, 6.07) is 10.4. The minimum absolute atomic E-state index is 0. The van der Waals surface area contributed by atoms with Gasteiger partial charge in [0.25, 0.3) is 0 Å². The lowest BCUT2D eigenvalue weighted by atomic mass is 10.2. The van der Waals surface area contributed by atoms with Gasteiger partial charge in [-0.15, -0.1) is 24.0 Å². The second-order valence-corrected chi connectivity index (χ2v) is 6.84. The molecule has 9 heteroatoms. The molecule has 8 nitrogen and oxygen atoms in total. The first-order chi connectivity index (χ1) is 14.2. The van der Waals surface area contributed by atoms with E-state index in [4.69, 9.17) is 9.47 Å². The largest absolute Gasteiger partial charge is 0.382 e. The molecule has 0 unspecified atom stereocenters. The summed E-state index contributed by atoms with van der Waals surface area (Å²) >= 11 is 0. The van der Waals surface area contributed by atoms with Crippen molar-refractivity contribution in [2.75, 3.05) is 78.1 Å². The molecule has 1 aromatic carbocycles. The first kappa shape index (κ1) is 26.4. The van der Waals surface area contributed by atoms with Crippen LogP contribution in [0.5, 0.6) is 0 Å². The molecule has 0 radical (unpaired) electrons. The van der Waals surface area contributed by atoms with E-state index in [1.54, 1.807) is 14.2 Å². The molecular weight excluding hydrogens is 497 g/mol. The number of carbonyl (C=O) groups is 1. The molecular formula is C21H36IN5O3. The number of nitrogens with one attached hydrogen (secondary N) is 2. The summed E-state index contributed by atoms with van der Waals surface area (Å²) in [6.07, 6.45) is 1.35. The second kappa shape index (κ2) is 16.1. The van der Waals surface area contributed by atoms with Gasteiger partial charge in [0.1, 0.15) is 0 Å². The number of piperazine rings is 1. The fourth-order valence-electron chi connectivity index (χ4n) is 3.14. The molecule has 1 aliphatic rings. The lowest BCUT2D eigenvalue weighted by molar-refractivity contribution is -0.131. The third kappa shape index (κ3) is 9.94. The highest BCUT2D eigenvalue weighted by Crippen LogP contribution is 2.15. The molecule has 1 amide bonds. The van der Waals surface area contributed by atoms with E-state index in [1.807, 2.05) is 23.1 Å².